The van der Waals surface area contributed by atoms with E-state index in [0.717, 1.165) is 11.3 Å². The molecule has 2 amide bonds. The van der Waals surface area contributed by atoms with Gasteiger partial charge >= 0.3 is 22.2 Å². The van der Waals surface area contributed by atoms with Gasteiger partial charge in [0, 0.05) is 5.38 Å². The summed E-state index contributed by atoms with van der Waals surface area (Å²) in [5.74, 6) is -4.30. The lowest BCUT2D eigenvalue weighted by Gasteiger charge is -2.43. The number of carbonyl (C=O) groups is 4. The van der Waals surface area contributed by atoms with E-state index in [9.17, 15) is 32.1 Å². The molecule has 34 heavy (non-hydrogen) atoms. The van der Waals surface area contributed by atoms with E-state index in [1.54, 1.807) is 0 Å². The number of oxime groups is 1. The Bertz CT molecular complexity index is 1110. The van der Waals surface area contributed by atoms with Gasteiger partial charge in [-0.15, -0.1) is 11.3 Å². The summed E-state index contributed by atoms with van der Waals surface area (Å²) >= 11 is 0.959. The van der Waals surface area contributed by atoms with E-state index >= 15 is 0 Å². The molecule has 0 bridgehead atoms. The number of nitrogens with one attached hydrogen (secondary N) is 1. The normalized spacial score (nSPS) is 18.8. The van der Waals surface area contributed by atoms with Gasteiger partial charge in [-0.1, -0.05) is 5.16 Å². The fraction of sp³-hybridized carbons (Fsp3) is 0.529. The van der Waals surface area contributed by atoms with Crippen LogP contribution < -0.4 is 11.1 Å². The van der Waals surface area contributed by atoms with Crippen molar-refractivity contribution in [1.29, 1.82) is 0 Å². The molecule has 5 N–H and O–H groups in total. The predicted octanol–water partition coefficient (Wildman–Crippen LogP) is -0.992. The lowest BCUT2D eigenvalue weighted by Crippen LogP contribution is -2.72. The van der Waals surface area contributed by atoms with E-state index < -0.39 is 70.3 Å². The number of nitrogens with zero attached hydrogens (tertiary/aromatic N) is 3. The second-order valence-electron chi connectivity index (χ2n) is 7.61. The summed E-state index contributed by atoms with van der Waals surface area (Å²) in [6, 6.07) is -2.99. The molecule has 15 nitrogen and oxygen atoms in total. The van der Waals surface area contributed by atoms with E-state index in [1.165, 1.54) is 26.2 Å². The highest BCUT2D eigenvalue weighted by molar-refractivity contribution is 7.84. The van der Waals surface area contributed by atoms with Crippen LogP contribution in [-0.4, -0.2) is 82.1 Å². The van der Waals surface area contributed by atoms with Crippen molar-refractivity contribution < 1.29 is 46.8 Å². The first-order valence-corrected chi connectivity index (χ1v) is 11.9. The van der Waals surface area contributed by atoms with Crippen LogP contribution in [-0.2, 0) is 39.1 Å². The number of nitrogens with two attached hydrogens (primary N) is 1. The quantitative estimate of drug-likeness (QED) is 0.0904. The van der Waals surface area contributed by atoms with Gasteiger partial charge in [0.05, 0.1) is 24.5 Å². The molecular formula is C17H23N5O10S2. The molecule has 1 saturated heterocycles. The Morgan fingerprint density at radius 2 is 2.03 bits per heavy atom. The zero-order chi connectivity index (χ0) is 25.8. The average molecular weight is 522 g/mol. The predicted molar refractivity (Wildman–Crippen MR) is 116 cm³/mol. The monoisotopic (exact) mass is 521 g/mol. The van der Waals surface area contributed by atoms with Crippen molar-refractivity contribution in [2.24, 2.45) is 10.6 Å². The Morgan fingerprint density at radius 3 is 2.53 bits per heavy atom. The number of hydrogen-bond acceptors (Lipinski definition) is 12. The summed E-state index contributed by atoms with van der Waals surface area (Å²) in [5, 5.41) is 16.5. The largest absolute Gasteiger partial charge is 0.481 e. The summed E-state index contributed by atoms with van der Waals surface area (Å²) in [6.07, 6.45) is -0.635. The topological polar surface area (TPSA) is 228 Å². The molecule has 17 heteroatoms. The highest BCUT2D eigenvalue weighted by Crippen LogP contribution is 2.27. The lowest BCUT2D eigenvalue weighted by atomic mass is 9.95. The molecule has 2 atom stereocenters. The van der Waals surface area contributed by atoms with Crippen molar-refractivity contribution in [3.05, 3.63) is 11.1 Å². The van der Waals surface area contributed by atoms with Gasteiger partial charge in [-0.05, 0) is 20.8 Å². The standard InChI is InChI=1S/C17H23N5O10S2/c1-4-31-10(23)5-9-12(14(25)22(9)34(28,29)30)20-13(24)11(8-6-33-16(18)19-8)21-32-7-17(2,3)15(26)27/h6,9,12H,4-5,7H2,1-3H3,(H2,18,19)(H,20,24)(H,26,27)(H,28,29,30)/b21-11-/t9-,12-/m0/s1. The number of aromatic nitrogens is 1. The maximum absolute atomic E-state index is 12.9. The SMILES string of the molecule is CCOC(=O)C[C@H]1[C@H](NC(=O)/C(=N\OCC(C)(C)C(=O)O)c2csc(N)n2)C(=O)N1S(=O)(=O)O. The van der Waals surface area contributed by atoms with Crippen molar-refractivity contribution in [1.82, 2.24) is 14.6 Å². The second-order valence-corrected chi connectivity index (χ2v) is 9.79. The number of carbonyl (C=O) groups excluding carboxylic acids is 3. The van der Waals surface area contributed by atoms with Crippen molar-refractivity contribution in [2.45, 2.75) is 39.3 Å². The number of rotatable bonds is 11. The van der Waals surface area contributed by atoms with E-state index in [4.69, 9.17) is 20.4 Å². The molecule has 1 aliphatic heterocycles. The molecule has 188 valence electrons. The van der Waals surface area contributed by atoms with Gasteiger partial charge < -0.3 is 25.7 Å². The minimum absolute atomic E-state index is 0.0194. The minimum Gasteiger partial charge on any atom is -0.481 e. The number of esters is 1. The van der Waals surface area contributed by atoms with Crippen molar-refractivity contribution >= 4 is 56.2 Å². The number of aliphatic carboxylic acids is 1. The fourth-order valence-electron chi connectivity index (χ4n) is 2.68. The number of ether oxygens (including phenoxy) is 1. The number of carboxylic acid groups (broad SMARTS) is 1. The zero-order valence-electron chi connectivity index (χ0n) is 18.2. The van der Waals surface area contributed by atoms with Crippen LogP contribution in [0.4, 0.5) is 5.13 Å². The number of hydrogen-bond donors (Lipinski definition) is 4. The Balaban J connectivity index is 2.28. The Hall–Kier alpha value is -3.31. The molecule has 0 aliphatic carbocycles. The first-order chi connectivity index (χ1) is 15.7. The zero-order valence-corrected chi connectivity index (χ0v) is 19.9. The van der Waals surface area contributed by atoms with E-state index in [-0.39, 0.29) is 21.7 Å². The summed E-state index contributed by atoms with van der Waals surface area (Å²) in [4.78, 5) is 57.2. The Labute approximate surface area is 197 Å². The summed E-state index contributed by atoms with van der Waals surface area (Å²) < 4.78 is 37.2. The molecule has 0 radical (unpaired) electrons. The van der Waals surface area contributed by atoms with Gasteiger partial charge in [-0.2, -0.15) is 8.42 Å². The number of nitrogen functional groups attached to an aromatic ring is 1. The third-order valence-electron chi connectivity index (χ3n) is 4.53. The van der Waals surface area contributed by atoms with Crippen LogP contribution in [0.15, 0.2) is 10.5 Å². The maximum Gasteiger partial charge on any atom is 0.362 e. The molecule has 1 aliphatic rings. The van der Waals surface area contributed by atoms with Crippen LogP contribution in [0.1, 0.15) is 32.9 Å². The molecule has 0 spiro atoms. The number of carboxylic acids is 1. The van der Waals surface area contributed by atoms with Crippen molar-refractivity contribution in [3.8, 4) is 0 Å². The first kappa shape index (κ1) is 26.9. The van der Waals surface area contributed by atoms with Crippen molar-refractivity contribution in [3.63, 3.8) is 0 Å². The molecule has 2 rings (SSSR count). The average Bonchev–Trinajstić information content (AvgIpc) is 3.13. The second kappa shape index (κ2) is 10.3. The highest BCUT2D eigenvalue weighted by atomic mass is 32.2. The minimum atomic E-state index is -5.01. The van der Waals surface area contributed by atoms with Gasteiger partial charge in [0.15, 0.2) is 10.8 Å². The van der Waals surface area contributed by atoms with Crippen molar-refractivity contribution in [2.75, 3.05) is 18.9 Å². The molecule has 1 aromatic heterocycles. The van der Waals surface area contributed by atoms with Crippen LogP contribution in [0.2, 0.25) is 0 Å². The van der Waals surface area contributed by atoms with E-state index in [0.29, 0.717) is 0 Å². The third kappa shape index (κ3) is 6.17. The van der Waals surface area contributed by atoms with E-state index in [2.05, 4.69) is 15.5 Å². The number of amides is 2. The van der Waals surface area contributed by atoms with Crippen LogP contribution in [0, 0.1) is 5.41 Å². The summed E-state index contributed by atoms with van der Waals surface area (Å²) in [6.45, 7) is 3.79. The van der Waals surface area contributed by atoms with Gasteiger partial charge in [0.25, 0.3) is 11.8 Å². The first-order valence-electron chi connectivity index (χ1n) is 9.61. The molecule has 0 saturated carbocycles. The Kier molecular flexibility index (Phi) is 8.17. The molecule has 2 heterocycles. The molecular weight excluding hydrogens is 498 g/mol. The third-order valence-corrected chi connectivity index (χ3v) is 6.15. The molecule has 1 aromatic rings. The highest BCUT2D eigenvalue weighted by Gasteiger charge is 2.55. The van der Waals surface area contributed by atoms with Gasteiger partial charge in [-0.3, -0.25) is 23.7 Å². The molecule has 1 fully saturated rings. The van der Waals surface area contributed by atoms with E-state index in [1.807, 2.05) is 0 Å². The summed E-state index contributed by atoms with van der Waals surface area (Å²) in [5.41, 5.74) is 3.69. The Morgan fingerprint density at radius 1 is 1.38 bits per heavy atom. The smallest absolute Gasteiger partial charge is 0.362 e. The lowest BCUT2D eigenvalue weighted by molar-refractivity contribution is -0.152. The molecule has 0 unspecified atom stereocenters. The van der Waals surface area contributed by atoms with Crippen LogP contribution in [0.3, 0.4) is 0 Å². The van der Waals surface area contributed by atoms with Gasteiger partial charge in [0.1, 0.15) is 18.3 Å². The molecule has 0 aromatic carbocycles. The van der Waals surface area contributed by atoms with Gasteiger partial charge in [-0.25, -0.2) is 9.29 Å². The van der Waals surface area contributed by atoms with Crippen LogP contribution in [0.5, 0.6) is 0 Å². The van der Waals surface area contributed by atoms with Crippen LogP contribution in [0.25, 0.3) is 0 Å². The maximum atomic E-state index is 12.9. The number of thiazole rings is 1. The van der Waals surface area contributed by atoms with Gasteiger partial charge in [0.2, 0.25) is 0 Å². The number of anilines is 1. The van der Waals surface area contributed by atoms with Crippen LogP contribution >= 0.6 is 11.3 Å². The number of β-lactam (4-membered cyclic amide) rings is 1. The fourth-order valence-corrected chi connectivity index (χ4v) is 4.11. The summed E-state index contributed by atoms with van der Waals surface area (Å²) in [7, 11) is -5.01.